The predicted molar refractivity (Wildman–Crippen MR) is 86.4 cm³/mol. The number of aromatic nitrogens is 1. The molecule has 5 heteroatoms. The summed E-state index contributed by atoms with van der Waals surface area (Å²) >= 11 is 0. The minimum absolute atomic E-state index is 0.259. The fourth-order valence-corrected chi connectivity index (χ4v) is 2.12. The molecule has 0 saturated heterocycles. The molecule has 0 aliphatic carbocycles. The van der Waals surface area contributed by atoms with E-state index in [1.54, 1.807) is 25.1 Å². The molecule has 0 atom stereocenters. The molecule has 0 fully saturated rings. The molecule has 116 valence electrons. The molecule has 0 aliphatic rings. The maximum Gasteiger partial charge on any atom is 0.338 e. The highest BCUT2D eigenvalue weighted by Gasteiger charge is 2.20. The SMILES string of the molecule is C=C(C)C(=O)Oc1c(OC)cccc1-c1nc2ccccc2o1. The van der Waals surface area contributed by atoms with Gasteiger partial charge in [0.2, 0.25) is 5.89 Å². The van der Waals surface area contributed by atoms with Crippen LogP contribution in [0.2, 0.25) is 0 Å². The minimum Gasteiger partial charge on any atom is -0.493 e. The van der Waals surface area contributed by atoms with Crippen molar-refractivity contribution in [1.29, 1.82) is 0 Å². The van der Waals surface area contributed by atoms with Crippen LogP contribution >= 0.6 is 0 Å². The third-order valence-electron chi connectivity index (χ3n) is 3.27. The monoisotopic (exact) mass is 309 g/mol. The van der Waals surface area contributed by atoms with Crippen LogP contribution in [0, 0.1) is 0 Å². The molecule has 3 rings (SSSR count). The van der Waals surface area contributed by atoms with Crippen molar-refractivity contribution in [2.45, 2.75) is 6.92 Å². The lowest BCUT2D eigenvalue weighted by molar-refractivity contribution is -0.130. The Morgan fingerprint density at radius 1 is 1.17 bits per heavy atom. The number of para-hydroxylation sites is 3. The number of rotatable bonds is 4. The van der Waals surface area contributed by atoms with Crippen LogP contribution < -0.4 is 9.47 Å². The molecule has 0 saturated carbocycles. The van der Waals surface area contributed by atoms with Gasteiger partial charge in [0.15, 0.2) is 17.1 Å². The summed E-state index contributed by atoms with van der Waals surface area (Å²) in [6, 6.07) is 12.7. The van der Waals surface area contributed by atoms with Crippen molar-refractivity contribution < 1.29 is 18.7 Å². The van der Waals surface area contributed by atoms with Crippen LogP contribution in [0.1, 0.15) is 6.92 Å². The van der Waals surface area contributed by atoms with Crippen LogP contribution in [-0.2, 0) is 4.79 Å². The van der Waals surface area contributed by atoms with E-state index in [1.165, 1.54) is 7.11 Å². The largest absolute Gasteiger partial charge is 0.493 e. The molecule has 0 N–H and O–H groups in total. The Labute approximate surface area is 133 Å². The number of fused-ring (bicyclic) bond motifs is 1. The second-order valence-electron chi connectivity index (χ2n) is 4.99. The fourth-order valence-electron chi connectivity index (χ4n) is 2.12. The van der Waals surface area contributed by atoms with Gasteiger partial charge in [0.05, 0.1) is 12.7 Å². The van der Waals surface area contributed by atoms with Gasteiger partial charge in [0, 0.05) is 5.57 Å². The molecular weight excluding hydrogens is 294 g/mol. The number of methoxy groups -OCH3 is 1. The van der Waals surface area contributed by atoms with E-state index >= 15 is 0 Å². The highest BCUT2D eigenvalue weighted by molar-refractivity contribution is 5.90. The van der Waals surface area contributed by atoms with Crippen molar-refractivity contribution in [3.05, 3.63) is 54.6 Å². The summed E-state index contributed by atoms with van der Waals surface area (Å²) in [5.41, 5.74) is 2.21. The molecule has 0 radical (unpaired) electrons. The molecule has 0 unspecified atom stereocenters. The Morgan fingerprint density at radius 2 is 1.96 bits per heavy atom. The molecular formula is C18H15NO4. The van der Waals surface area contributed by atoms with Gasteiger partial charge in [-0.15, -0.1) is 0 Å². The summed E-state index contributed by atoms with van der Waals surface area (Å²) in [7, 11) is 1.50. The molecule has 5 nitrogen and oxygen atoms in total. The van der Waals surface area contributed by atoms with Gasteiger partial charge in [-0.25, -0.2) is 9.78 Å². The number of oxazole rings is 1. The lowest BCUT2D eigenvalue weighted by Gasteiger charge is -2.11. The van der Waals surface area contributed by atoms with E-state index in [4.69, 9.17) is 13.9 Å². The predicted octanol–water partition coefficient (Wildman–Crippen LogP) is 3.98. The number of carbonyl (C=O) groups is 1. The van der Waals surface area contributed by atoms with Crippen molar-refractivity contribution in [3.8, 4) is 23.0 Å². The number of esters is 1. The third kappa shape index (κ3) is 2.81. The molecule has 1 aromatic heterocycles. The smallest absolute Gasteiger partial charge is 0.338 e. The standard InChI is InChI=1S/C18H15NO4/c1-11(2)18(20)23-16-12(7-6-10-15(16)21-3)17-19-13-8-4-5-9-14(13)22-17/h4-10H,1H2,2-3H3. The average molecular weight is 309 g/mol. The van der Waals surface area contributed by atoms with Crippen LogP contribution in [0.4, 0.5) is 0 Å². The Balaban J connectivity index is 2.14. The minimum atomic E-state index is -0.535. The van der Waals surface area contributed by atoms with Crippen LogP contribution in [0.25, 0.3) is 22.6 Å². The lowest BCUT2D eigenvalue weighted by atomic mass is 10.2. The Kier molecular flexibility index (Phi) is 3.85. The summed E-state index contributed by atoms with van der Waals surface area (Å²) in [6.07, 6.45) is 0. The molecule has 0 amide bonds. The Bertz CT molecular complexity index is 862. The van der Waals surface area contributed by atoms with Gasteiger partial charge in [-0.1, -0.05) is 24.8 Å². The van der Waals surface area contributed by atoms with Gasteiger partial charge in [0.1, 0.15) is 5.52 Å². The zero-order chi connectivity index (χ0) is 16.4. The van der Waals surface area contributed by atoms with E-state index in [9.17, 15) is 4.79 Å². The van der Waals surface area contributed by atoms with Crippen molar-refractivity contribution in [2.75, 3.05) is 7.11 Å². The summed E-state index contributed by atoms with van der Waals surface area (Å²) in [4.78, 5) is 16.3. The number of benzene rings is 2. The van der Waals surface area contributed by atoms with E-state index in [0.717, 1.165) is 5.52 Å². The van der Waals surface area contributed by atoms with Crippen LogP contribution in [0.3, 0.4) is 0 Å². The van der Waals surface area contributed by atoms with Crippen molar-refractivity contribution >= 4 is 17.1 Å². The van der Waals surface area contributed by atoms with Crippen LogP contribution in [0.5, 0.6) is 11.5 Å². The van der Waals surface area contributed by atoms with E-state index in [-0.39, 0.29) is 5.75 Å². The van der Waals surface area contributed by atoms with E-state index in [1.807, 2.05) is 24.3 Å². The van der Waals surface area contributed by atoms with Gasteiger partial charge < -0.3 is 13.9 Å². The number of nitrogens with zero attached hydrogens (tertiary/aromatic N) is 1. The highest BCUT2D eigenvalue weighted by atomic mass is 16.6. The zero-order valence-corrected chi connectivity index (χ0v) is 12.8. The van der Waals surface area contributed by atoms with Gasteiger partial charge in [-0.05, 0) is 31.2 Å². The summed E-state index contributed by atoms with van der Waals surface area (Å²) in [6.45, 7) is 5.17. The zero-order valence-electron chi connectivity index (χ0n) is 12.8. The number of hydrogen-bond acceptors (Lipinski definition) is 5. The topological polar surface area (TPSA) is 61.6 Å². The third-order valence-corrected chi connectivity index (χ3v) is 3.27. The van der Waals surface area contributed by atoms with Gasteiger partial charge in [0.25, 0.3) is 0 Å². The maximum atomic E-state index is 11.9. The van der Waals surface area contributed by atoms with Crippen LogP contribution in [-0.4, -0.2) is 18.1 Å². The quantitative estimate of drug-likeness (QED) is 0.414. The highest BCUT2D eigenvalue weighted by Crippen LogP contribution is 2.39. The first-order valence-electron chi connectivity index (χ1n) is 7.01. The first-order valence-corrected chi connectivity index (χ1v) is 7.01. The van der Waals surface area contributed by atoms with Gasteiger partial charge >= 0.3 is 5.97 Å². The maximum absolute atomic E-state index is 11.9. The van der Waals surface area contributed by atoms with E-state index in [0.29, 0.717) is 28.4 Å². The van der Waals surface area contributed by atoms with Crippen molar-refractivity contribution in [2.24, 2.45) is 0 Å². The number of carbonyl (C=O) groups excluding carboxylic acids is 1. The molecule has 0 aliphatic heterocycles. The lowest BCUT2D eigenvalue weighted by Crippen LogP contribution is -2.10. The summed E-state index contributed by atoms with van der Waals surface area (Å²) in [5.74, 6) is 0.496. The van der Waals surface area contributed by atoms with Gasteiger partial charge in [-0.3, -0.25) is 0 Å². The molecule has 3 aromatic rings. The number of hydrogen-bond donors (Lipinski definition) is 0. The Hall–Kier alpha value is -3.08. The second kappa shape index (κ2) is 5.96. The molecule has 2 aromatic carbocycles. The normalized spacial score (nSPS) is 10.5. The Morgan fingerprint density at radius 3 is 2.65 bits per heavy atom. The second-order valence-corrected chi connectivity index (χ2v) is 4.99. The molecule has 0 spiro atoms. The van der Waals surface area contributed by atoms with Crippen LogP contribution in [0.15, 0.2) is 59.0 Å². The molecule has 23 heavy (non-hydrogen) atoms. The number of ether oxygens (including phenoxy) is 2. The molecule has 1 heterocycles. The first kappa shape index (κ1) is 14.8. The fraction of sp³-hybridized carbons (Fsp3) is 0.111. The summed E-state index contributed by atoms with van der Waals surface area (Å²) in [5, 5.41) is 0. The van der Waals surface area contributed by atoms with E-state index in [2.05, 4.69) is 11.6 Å². The summed E-state index contributed by atoms with van der Waals surface area (Å²) < 4.78 is 16.5. The van der Waals surface area contributed by atoms with E-state index < -0.39 is 5.97 Å². The van der Waals surface area contributed by atoms with Crippen molar-refractivity contribution in [3.63, 3.8) is 0 Å². The van der Waals surface area contributed by atoms with Crippen molar-refractivity contribution in [1.82, 2.24) is 4.98 Å². The average Bonchev–Trinajstić information content (AvgIpc) is 2.98. The molecule has 0 bridgehead atoms. The van der Waals surface area contributed by atoms with Gasteiger partial charge in [-0.2, -0.15) is 0 Å². The first-order chi connectivity index (χ1) is 11.1.